The van der Waals surface area contributed by atoms with E-state index in [1.54, 1.807) is 0 Å². The number of hydrogen-bond acceptors (Lipinski definition) is 5. The number of esters is 2. The Morgan fingerprint density at radius 3 is 1.16 bits per heavy atom. The van der Waals surface area contributed by atoms with Gasteiger partial charge in [-0.25, -0.2) is 0 Å². The lowest BCUT2D eigenvalue weighted by Gasteiger charge is -2.15. The van der Waals surface area contributed by atoms with Crippen LogP contribution in [-0.2, 0) is 19.1 Å². The lowest BCUT2D eigenvalue weighted by Crippen LogP contribution is -2.28. The summed E-state index contributed by atoms with van der Waals surface area (Å²) < 4.78 is 10.5. The minimum absolute atomic E-state index is 0.0755. The van der Waals surface area contributed by atoms with Gasteiger partial charge in [0.25, 0.3) is 0 Å². The van der Waals surface area contributed by atoms with Crippen molar-refractivity contribution in [2.45, 2.75) is 187 Å². The Bertz CT molecular complexity index is 1150. The van der Waals surface area contributed by atoms with Crippen molar-refractivity contribution in [1.29, 1.82) is 0 Å². The van der Waals surface area contributed by atoms with E-state index in [-0.39, 0.29) is 25.2 Å². The molecule has 0 aromatic heterocycles. The molecule has 56 heavy (non-hydrogen) atoms. The molecule has 0 saturated carbocycles. The predicted molar refractivity (Wildman–Crippen MR) is 242 cm³/mol. The van der Waals surface area contributed by atoms with Crippen molar-refractivity contribution in [2.24, 2.45) is 0 Å². The van der Waals surface area contributed by atoms with Crippen molar-refractivity contribution in [3.8, 4) is 0 Å². The van der Waals surface area contributed by atoms with Gasteiger partial charge < -0.3 is 14.6 Å². The minimum Gasteiger partial charge on any atom is -0.462 e. The fourth-order valence-corrected chi connectivity index (χ4v) is 5.72. The van der Waals surface area contributed by atoms with Gasteiger partial charge in [0.1, 0.15) is 6.61 Å². The molecular weight excluding hydrogens is 693 g/mol. The normalized spacial score (nSPS) is 13.3. The first-order chi connectivity index (χ1) is 27.6. The SMILES string of the molecule is CC/C=C\C/C=C\C/C=C\C/C=C\C/C=C\C/C=C\C/C=C\C/C=C\C/C=C\CCCCCCCCCC(=O)OC(CO)COC(=O)CCCCCCCCC. The average molecular weight is 775 g/mol. The van der Waals surface area contributed by atoms with E-state index in [2.05, 4.69) is 123 Å². The molecule has 316 valence electrons. The maximum Gasteiger partial charge on any atom is 0.306 e. The molecule has 0 bridgehead atoms. The van der Waals surface area contributed by atoms with E-state index in [1.807, 2.05) is 0 Å². The molecule has 5 heteroatoms. The summed E-state index contributed by atoms with van der Waals surface area (Å²) in [6.07, 6.45) is 66.2. The number of unbranched alkanes of at least 4 members (excludes halogenated alkanes) is 13. The van der Waals surface area contributed by atoms with E-state index >= 15 is 0 Å². The Labute approximate surface area is 344 Å². The summed E-state index contributed by atoms with van der Waals surface area (Å²) in [7, 11) is 0. The Hall–Kier alpha value is -3.44. The van der Waals surface area contributed by atoms with Crippen molar-refractivity contribution in [3.63, 3.8) is 0 Å². The monoisotopic (exact) mass is 775 g/mol. The van der Waals surface area contributed by atoms with E-state index in [0.29, 0.717) is 12.8 Å². The van der Waals surface area contributed by atoms with Crippen LogP contribution in [0.4, 0.5) is 0 Å². The Morgan fingerprint density at radius 1 is 0.429 bits per heavy atom. The maximum atomic E-state index is 12.2. The molecule has 0 spiro atoms. The summed E-state index contributed by atoms with van der Waals surface area (Å²) >= 11 is 0. The molecule has 1 N–H and O–H groups in total. The summed E-state index contributed by atoms with van der Waals surface area (Å²) in [6.45, 7) is 3.95. The number of aliphatic hydroxyl groups is 1. The first-order valence-electron chi connectivity index (χ1n) is 22.4. The zero-order chi connectivity index (χ0) is 40.7. The number of carbonyl (C=O) groups is 2. The van der Waals surface area contributed by atoms with Gasteiger partial charge in [0.2, 0.25) is 0 Å². The van der Waals surface area contributed by atoms with Crippen molar-refractivity contribution in [1.82, 2.24) is 0 Å². The van der Waals surface area contributed by atoms with Gasteiger partial charge in [-0.05, 0) is 83.5 Å². The van der Waals surface area contributed by atoms with E-state index in [0.717, 1.165) is 103 Å². The summed E-state index contributed by atoms with van der Waals surface area (Å²) in [6, 6.07) is 0. The van der Waals surface area contributed by atoms with Gasteiger partial charge in [0.15, 0.2) is 6.10 Å². The second-order valence-electron chi connectivity index (χ2n) is 14.4. The van der Waals surface area contributed by atoms with Crippen LogP contribution in [0.15, 0.2) is 109 Å². The van der Waals surface area contributed by atoms with Crippen LogP contribution in [0.5, 0.6) is 0 Å². The van der Waals surface area contributed by atoms with Gasteiger partial charge in [-0.3, -0.25) is 9.59 Å². The third-order valence-electron chi connectivity index (χ3n) is 9.08. The summed E-state index contributed by atoms with van der Waals surface area (Å²) in [5.74, 6) is -0.619. The first-order valence-corrected chi connectivity index (χ1v) is 22.4. The highest BCUT2D eigenvalue weighted by Crippen LogP contribution is 2.12. The van der Waals surface area contributed by atoms with Crippen LogP contribution in [0.2, 0.25) is 0 Å². The molecule has 0 amide bonds. The topological polar surface area (TPSA) is 72.8 Å². The second kappa shape index (κ2) is 45.9. The third kappa shape index (κ3) is 43.3. The number of ether oxygens (including phenoxy) is 2. The standard InChI is InChI=1S/C51H82O5/c1-3-5-7-9-11-12-13-14-15-16-17-18-19-20-21-22-23-24-25-26-27-28-29-30-31-32-33-34-35-36-37-38-40-42-44-46-51(54)56-49(47-52)48-55-50(53)45-43-41-39-10-8-6-4-2/h5,7,11-12,14-15,17-18,20-21,23-24,26-27,29-30,32-33,49,52H,3-4,6,8-10,13,16,19,22,25,28,31,34-48H2,1-2H3/b7-5-,12-11-,15-14-,18-17-,21-20-,24-23-,27-26-,30-29-,33-32-. The summed E-state index contributed by atoms with van der Waals surface area (Å²) in [4.78, 5) is 24.1. The van der Waals surface area contributed by atoms with Gasteiger partial charge in [0, 0.05) is 12.8 Å². The molecule has 1 unspecified atom stereocenters. The Kier molecular flexibility index (Phi) is 43.1. The molecule has 0 saturated heterocycles. The van der Waals surface area contributed by atoms with Gasteiger partial charge in [-0.2, -0.15) is 0 Å². The van der Waals surface area contributed by atoms with Gasteiger partial charge >= 0.3 is 11.9 Å². The minimum atomic E-state index is -0.780. The highest BCUT2D eigenvalue weighted by molar-refractivity contribution is 5.70. The quantitative estimate of drug-likeness (QED) is 0.0382. The van der Waals surface area contributed by atoms with E-state index in [4.69, 9.17) is 9.47 Å². The fourth-order valence-electron chi connectivity index (χ4n) is 5.72. The van der Waals surface area contributed by atoms with Crippen LogP contribution in [0, 0.1) is 0 Å². The molecule has 0 radical (unpaired) electrons. The highest BCUT2D eigenvalue weighted by Gasteiger charge is 2.16. The molecule has 0 aliphatic rings. The smallest absolute Gasteiger partial charge is 0.306 e. The molecule has 5 nitrogen and oxygen atoms in total. The number of carbonyl (C=O) groups excluding carboxylic acids is 2. The number of allylic oxidation sites excluding steroid dienone is 18. The van der Waals surface area contributed by atoms with Crippen LogP contribution in [-0.4, -0.2) is 36.4 Å². The van der Waals surface area contributed by atoms with Crippen molar-refractivity contribution in [2.75, 3.05) is 13.2 Å². The molecule has 0 aromatic carbocycles. The zero-order valence-corrected chi connectivity index (χ0v) is 35.8. The summed E-state index contributed by atoms with van der Waals surface area (Å²) in [5.41, 5.74) is 0. The first kappa shape index (κ1) is 52.6. The number of rotatable bonds is 39. The van der Waals surface area contributed by atoms with E-state index in [9.17, 15) is 14.7 Å². The van der Waals surface area contributed by atoms with Crippen LogP contribution in [0.3, 0.4) is 0 Å². The molecule has 0 rings (SSSR count). The van der Waals surface area contributed by atoms with Crippen molar-refractivity contribution >= 4 is 11.9 Å². The molecule has 1 atom stereocenters. The summed E-state index contributed by atoms with van der Waals surface area (Å²) in [5, 5.41) is 9.52. The number of hydrogen-bond donors (Lipinski definition) is 1. The number of aliphatic hydroxyl groups excluding tert-OH is 1. The maximum absolute atomic E-state index is 12.2. The van der Waals surface area contributed by atoms with Gasteiger partial charge in [-0.1, -0.05) is 194 Å². The van der Waals surface area contributed by atoms with Gasteiger partial charge in [0.05, 0.1) is 6.61 Å². The van der Waals surface area contributed by atoms with Crippen LogP contribution >= 0.6 is 0 Å². The van der Waals surface area contributed by atoms with E-state index in [1.165, 1.54) is 51.4 Å². The fraction of sp³-hybridized carbons (Fsp3) is 0.608. The van der Waals surface area contributed by atoms with E-state index < -0.39 is 6.10 Å². The van der Waals surface area contributed by atoms with Crippen LogP contribution in [0.25, 0.3) is 0 Å². The van der Waals surface area contributed by atoms with Crippen LogP contribution < -0.4 is 0 Å². The van der Waals surface area contributed by atoms with Crippen molar-refractivity contribution in [3.05, 3.63) is 109 Å². The Morgan fingerprint density at radius 2 is 0.768 bits per heavy atom. The molecule has 0 heterocycles. The van der Waals surface area contributed by atoms with Crippen molar-refractivity contribution < 1.29 is 24.2 Å². The molecule has 0 aliphatic heterocycles. The largest absolute Gasteiger partial charge is 0.462 e. The van der Waals surface area contributed by atoms with Crippen LogP contribution in [0.1, 0.15) is 181 Å². The zero-order valence-electron chi connectivity index (χ0n) is 35.8. The van der Waals surface area contributed by atoms with Gasteiger partial charge in [-0.15, -0.1) is 0 Å². The molecule has 0 fully saturated rings. The molecular formula is C51H82O5. The lowest BCUT2D eigenvalue weighted by molar-refractivity contribution is -0.161. The highest BCUT2D eigenvalue weighted by atomic mass is 16.6. The molecule has 0 aliphatic carbocycles. The third-order valence-corrected chi connectivity index (χ3v) is 9.08. The average Bonchev–Trinajstić information content (AvgIpc) is 3.20. The lowest BCUT2D eigenvalue weighted by atomic mass is 10.1. The Balaban J connectivity index is 3.62. The predicted octanol–water partition coefficient (Wildman–Crippen LogP) is 14.6. The second-order valence-corrected chi connectivity index (χ2v) is 14.4. The molecule has 0 aromatic rings.